The Balaban J connectivity index is 0.000000151. The zero-order valence-electron chi connectivity index (χ0n) is 49.1. The molecule has 0 atom stereocenters. The number of carbonyl (C=O) groups is 2. The first-order valence-corrected chi connectivity index (χ1v) is 29.1. The van der Waals surface area contributed by atoms with Crippen LogP contribution in [0.1, 0.15) is 46.8 Å². The molecule has 13 heteroatoms. The van der Waals surface area contributed by atoms with Crippen molar-refractivity contribution in [2.24, 2.45) is 0 Å². The largest absolute Gasteiger partial charge is 0.497 e. The number of amides is 1. The first-order valence-electron chi connectivity index (χ1n) is 29.1. The number of unbranched alkanes of at least 4 members (excludes halogenated alkanes) is 1. The summed E-state index contributed by atoms with van der Waals surface area (Å²) < 4.78 is 24.3. The molecule has 2 N–H and O–H groups in total. The van der Waals surface area contributed by atoms with Crippen molar-refractivity contribution in [3.05, 3.63) is 295 Å². The highest BCUT2D eigenvalue weighted by Gasteiger charge is 2.17. The maximum Gasteiger partial charge on any atom is 0.330 e. The molecule has 1 amide bonds. The number of methoxy groups -OCH3 is 1. The van der Waals surface area contributed by atoms with Crippen molar-refractivity contribution in [2.45, 2.75) is 26.2 Å². The molecule has 2 heterocycles. The Morgan fingerprint density at radius 2 is 0.978 bits per heavy atom. The molecule has 0 aliphatic rings. The molecule has 10 aromatic carbocycles. The average molecular weight is 1170 g/mol. The summed E-state index contributed by atoms with van der Waals surface area (Å²) in [5.74, 6) is 2.75. The van der Waals surface area contributed by atoms with Crippen LogP contribution in [0.25, 0.3) is 51.2 Å². The van der Waals surface area contributed by atoms with Crippen molar-refractivity contribution in [1.29, 1.82) is 5.26 Å². The van der Waals surface area contributed by atoms with E-state index >= 15 is 0 Å². The van der Waals surface area contributed by atoms with Crippen molar-refractivity contribution in [2.75, 3.05) is 24.4 Å². The number of nitrogens with zero attached hydrogens (tertiary/aromatic N) is 5. The number of fused-ring (bicyclic) bond motifs is 3. The Hall–Kier alpha value is -11.9. The van der Waals surface area contributed by atoms with Gasteiger partial charge in [0.2, 0.25) is 11.9 Å². The van der Waals surface area contributed by atoms with E-state index in [9.17, 15) is 14.9 Å². The highest BCUT2D eigenvalue weighted by Crippen LogP contribution is 2.30. The normalized spacial score (nSPS) is 10.9. The zero-order chi connectivity index (χ0) is 61.4. The van der Waals surface area contributed by atoms with Crippen molar-refractivity contribution in [3.63, 3.8) is 0 Å². The summed E-state index contributed by atoms with van der Waals surface area (Å²) in [5, 5.41) is 17.7. The van der Waals surface area contributed by atoms with Crippen molar-refractivity contribution >= 4 is 69.2 Å². The Kier molecular flexibility index (Phi) is 20.8. The molecule has 89 heavy (non-hydrogen) atoms. The monoisotopic (exact) mass is 1170 g/mol. The number of hydrogen-bond donors (Lipinski definition) is 2. The number of anilines is 3. The van der Waals surface area contributed by atoms with E-state index in [-0.39, 0.29) is 23.5 Å². The molecule has 13 nitrogen and oxygen atoms in total. The lowest BCUT2D eigenvalue weighted by molar-refractivity contribution is -0.112. The fraction of sp³-hybridized carbons (Fsp3) is 0.0789. The van der Waals surface area contributed by atoms with Crippen LogP contribution in [-0.4, -0.2) is 45.1 Å². The standard InChI is InChI=1S/C29H22N4O2.C27H26N2O3.C20H15NO/c1-4-10-22(11-5-1)16-17-23-18-20-24(21-19-23)30-27-31-28(34-25-12-6-2-7-13-25)33-29(32-27)35-26-14-8-3-9-15-26;1-3-4-17-32-26-15-11-24(12-16-26)29-27(30)23(19-28)18-20-5-7-21(8-6-20)22-9-13-25(31-2)14-10-22;22-20(14-15-8-2-1-3-9-15)21-18-12-6-4-10-16(18)17-11-5-7-13-19(17)21/h1-21H,(H,30,31,32,33);5-16,18H,3-4,17H2,1-2H3,(H,29,30);1-13H,14H2. The van der Waals surface area contributed by atoms with Gasteiger partial charge in [0.1, 0.15) is 34.6 Å². The van der Waals surface area contributed by atoms with Gasteiger partial charge in [0.05, 0.1) is 31.2 Å². The van der Waals surface area contributed by atoms with Crippen LogP contribution in [0.2, 0.25) is 0 Å². The van der Waals surface area contributed by atoms with Gasteiger partial charge in [-0.25, -0.2) is 0 Å². The van der Waals surface area contributed by atoms with Crippen LogP contribution in [0.5, 0.6) is 35.0 Å². The van der Waals surface area contributed by atoms with Gasteiger partial charge in [0.25, 0.3) is 5.91 Å². The van der Waals surface area contributed by atoms with Gasteiger partial charge in [0, 0.05) is 22.1 Å². The molecule has 438 valence electrons. The average Bonchev–Trinajstić information content (AvgIpc) is 1.88. The van der Waals surface area contributed by atoms with Gasteiger partial charge >= 0.3 is 12.0 Å². The minimum Gasteiger partial charge on any atom is -0.497 e. The summed E-state index contributed by atoms with van der Waals surface area (Å²) in [4.78, 5) is 38.6. The SMILES string of the molecule is C(=Cc1ccc(Nc2nc(Oc3ccccc3)nc(Oc3ccccc3)n2)cc1)c1ccccc1.CCCCOc1ccc(NC(=O)C(C#N)=Cc2ccc(-c3ccc(OC)cc3)cc2)cc1.O=C(Cc1ccccc1)n1c2ccccc2c2ccccc21. The quantitative estimate of drug-likeness (QED) is 0.0343. The van der Waals surface area contributed by atoms with Crippen molar-refractivity contribution < 1.29 is 28.5 Å². The van der Waals surface area contributed by atoms with Gasteiger partial charge < -0.3 is 29.6 Å². The third-order valence-electron chi connectivity index (χ3n) is 13.9. The fourth-order valence-electron chi connectivity index (χ4n) is 9.31. The highest BCUT2D eigenvalue weighted by molar-refractivity contribution is 6.13. The molecule has 0 fully saturated rings. The van der Waals surface area contributed by atoms with Crippen LogP contribution in [0.4, 0.5) is 17.3 Å². The number of carbonyl (C=O) groups excluding carboxylic acids is 2. The molecule has 2 aromatic heterocycles. The van der Waals surface area contributed by atoms with Crippen LogP contribution in [0.15, 0.2) is 272 Å². The summed E-state index contributed by atoms with van der Waals surface area (Å²) in [7, 11) is 1.64. The molecular weight excluding hydrogens is 1110 g/mol. The van der Waals surface area contributed by atoms with Crippen molar-refractivity contribution in [1.82, 2.24) is 19.5 Å². The minimum absolute atomic E-state index is 0.0328. The van der Waals surface area contributed by atoms with E-state index in [2.05, 4.69) is 68.9 Å². The van der Waals surface area contributed by atoms with Crippen LogP contribution in [0, 0.1) is 11.3 Å². The van der Waals surface area contributed by atoms with Gasteiger partial charge in [0.15, 0.2) is 0 Å². The van der Waals surface area contributed by atoms with E-state index in [0.717, 1.165) is 85.2 Å². The maximum absolute atomic E-state index is 12.9. The second-order valence-electron chi connectivity index (χ2n) is 20.2. The third-order valence-corrected chi connectivity index (χ3v) is 13.9. The first-order chi connectivity index (χ1) is 43.8. The summed E-state index contributed by atoms with van der Waals surface area (Å²) in [6.07, 6.45) is 8.20. The first kappa shape index (κ1) is 60.2. The Morgan fingerprint density at radius 1 is 0.506 bits per heavy atom. The van der Waals surface area contributed by atoms with E-state index in [1.807, 2.05) is 229 Å². The van der Waals surface area contributed by atoms with Gasteiger partial charge in [-0.15, -0.1) is 4.98 Å². The van der Waals surface area contributed by atoms with E-state index in [1.54, 1.807) is 37.5 Å². The number of aromatic nitrogens is 4. The molecular formula is C76H63N7O6. The number of nitrogens with one attached hydrogen (secondary N) is 2. The molecule has 0 saturated carbocycles. The van der Waals surface area contributed by atoms with Crippen LogP contribution < -0.4 is 29.6 Å². The predicted octanol–water partition coefficient (Wildman–Crippen LogP) is 18.1. The number of benzene rings is 10. The lowest BCUT2D eigenvalue weighted by atomic mass is 10.0. The predicted molar refractivity (Wildman–Crippen MR) is 356 cm³/mol. The summed E-state index contributed by atoms with van der Waals surface area (Å²) in [6.45, 7) is 2.78. The van der Waals surface area contributed by atoms with E-state index in [4.69, 9.17) is 18.9 Å². The molecule has 0 radical (unpaired) electrons. The fourth-order valence-corrected chi connectivity index (χ4v) is 9.31. The second-order valence-corrected chi connectivity index (χ2v) is 20.2. The van der Waals surface area contributed by atoms with Crippen molar-refractivity contribution in [3.8, 4) is 52.2 Å². The van der Waals surface area contributed by atoms with Gasteiger partial charge in [-0.05, 0) is 131 Å². The molecule has 0 spiro atoms. The summed E-state index contributed by atoms with van der Waals surface area (Å²) in [6, 6.07) is 87.7. The number of nitriles is 1. The van der Waals surface area contributed by atoms with E-state index < -0.39 is 5.91 Å². The minimum atomic E-state index is -0.452. The molecule has 0 bridgehead atoms. The number of rotatable bonds is 19. The molecule has 0 aliphatic carbocycles. The Labute approximate surface area is 517 Å². The summed E-state index contributed by atoms with van der Waals surface area (Å²) >= 11 is 0. The van der Waals surface area contributed by atoms with Crippen LogP contribution in [0.3, 0.4) is 0 Å². The maximum atomic E-state index is 12.9. The number of hydrogen-bond acceptors (Lipinski definition) is 11. The van der Waals surface area contributed by atoms with E-state index in [0.29, 0.717) is 36.2 Å². The summed E-state index contributed by atoms with van der Waals surface area (Å²) in [5.41, 5.74) is 9.55. The Bertz CT molecular complexity index is 4230. The third kappa shape index (κ3) is 17.2. The molecule has 0 unspecified atom stereocenters. The van der Waals surface area contributed by atoms with Gasteiger partial charge in [-0.1, -0.05) is 207 Å². The Morgan fingerprint density at radius 3 is 1.52 bits per heavy atom. The lowest BCUT2D eigenvalue weighted by Gasteiger charge is -2.10. The molecule has 12 rings (SSSR count). The second kappa shape index (κ2) is 30.8. The molecule has 0 saturated heterocycles. The lowest BCUT2D eigenvalue weighted by Crippen LogP contribution is -2.13. The highest BCUT2D eigenvalue weighted by atomic mass is 16.5. The zero-order valence-corrected chi connectivity index (χ0v) is 49.1. The van der Waals surface area contributed by atoms with Crippen LogP contribution in [-0.2, 0) is 11.2 Å². The van der Waals surface area contributed by atoms with Crippen LogP contribution >= 0.6 is 0 Å². The number of para-hydroxylation sites is 4. The number of ether oxygens (including phenoxy) is 4. The van der Waals surface area contributed by atoms with Gasteiger partial charge in [-0.3, -0.25) is 14.2 Å². The smallest absolute Gasteiger partial charge is 0.330 e. The van der Waals surface area contributed by atoms with E-state index in [1.165, 1.54) is 0 Å². The van der Waals surface area contributed by atoms with Gasteiger partial charge in [-0.2, -0.15) is 15.2 Å². The molecule has 0 aliphatic heterocycles. The topological polar surface area (TPSA) is 163 Å². The molecule has 12 aromatic rings.